The van der Waals surface area contributed by atoms with Crippen molar-refractivity contribution in [2.45, 2.75) is 12.5 Å². The average molecular weight is 418 g/mol. The van der Waals surface area contributed by atoms with Gasteiger partial charge in [-0.2, -0.15) is 4.80 Å². The monoisotopic (exact) mass is 418 g/mol. The van der Waals surface area contributed by atoms with Gasteiger partial charge in [0.2, 0.25) is 5.91 Å². The van der Waals surface area contributed by atoms with Crippen LogP contribution in [0.3, 0.4) is 0 Å². The number of likely N-dealkylation sites (N-methyl/N-ethyl adjacent to an activating group) is 1. The zero-order chi connectivity index (χ0) is 21.3. The van der Waals surface area contributed by atoms with Crippen molar-refractivity contribution < 1.29 is 18.7 Å². The highest BCUT2D eigenvalue weighted by atomic mass is 19.1. The molecule has 30 heavy (non-hydrogen) atoms. The number of ether oxygens (including phenoxy) is 1. The van der Waals surface area contributed by atoms with Gasteiger partial charge in [-0.15, -0.1) is 5.10 Å². The summed E-state index contributed by atoms with van der Waals surface area (Å²) in [5.41, 5.74) is 0.708. The molecule has 160 valence electrons. The highest BCUT2D eigenvalue weighted by Crippen LogP contribution is 2.23. The molecular weight excluding hydrogens is 395 g/mol. The number of para-hydroxylation sites is 1. The van der Waals surface area contributed by atoms with E-state index in [0.29, 0.717) is 18.8 Å². The number of alkyl halides is 1. The molecule has 0 saturated carbocycles. The molecule has 12 heteroatoms. The summed E-state index contributed by atoms with van der Waals surface area (Å²) in [4.78, 5) is 32.2. The van der Waals surface area contributed by atoms with Crippen LogP contribution in [0.2, 0.25) is 0 Å². The average Bonchev–Trinajstić information content (AvgIpc) is 3.34. The first kappa shape index (κ1) is 20.0. The Kier molecular flexibility index (Phi) is 5.48. The Labute approximate surface area is 172 Å². The highest BCUT2D eigenvalue weighted by molar-refractivity contribution is 5.90. The van der Waals surface area contributed by atoms with E-state index >= 15 is 0 Å². The molecule has 2 aliphatic heterocycles. The Hall–Kier alpha value is -3.28. The van der Waals surface area contributed by atoms with Gasteiger partial charge >= 0.3 is 6.09 Å². The predicted molar refractivity (Wildman–Crippen MR) is 104 cm³/mol. The number of nitrogens with zero attached hydrogens (tertiary/aromatic N) is 8. The van der Waals surface area contributed by atoms with E-state index in [1.807, 2.05) is 18.2 Å². The van der Waals surface area contributed by atoms with E-state index in [1.54, 1.807) is 31.1 Å². The number of hydrogen-bond donors (Lipinski definition) is 0. The molecule has 2 aromatic rings. The number of carbonyl (C=O) groups excluding carboxylic acids is 2. The number of carbonyl (C=O) groups is 2. The van der Waals surface area contributed by atoms with Crippen LogP contribution >= 0.6 is 0 Å². The van der Waals surface area contributed by atoms with Crippen LogP contribution < -0.4 is 9.80 Å². The Morgan fingerprint density at radius 2 is 2.03 bits per heavy atom. The lowest BCUT2D eigenvalue weighted by Crippen LogP contribution is -2.54. The van der Waals surface area contributed by atoms with Crippen molar-refractivity contribution in [1.29, 1.82) is 0 Å². The van der Waals surface area contributed by atoms with Gasteiger partial charge in [0.15, 0.2) is 12.5 Å². The van der Waals surface area contributed by atoms with Crippen LogP contribution in [-0.2, 0) is 16.6 Å². The number of tetrazole rings is 1. The van der Waals surface area contributed by atoms with Crippen molar-refractivity contribution in [2.75, 3.05) is 49.6 Å². The van der Waals surface area contributed by atoms with Crippen LogP contribution in [0.5, 0.6) is 0 Å². The molecule has 1 aromatic carbocycles. The fourth-order valence-corrected chi connectivity index (χ4v) is 3.48. The minimum absolute atomic E-state index is 0.0258. The molecule has 1 aromatic heterocycles. The number of anilines is 2. The minimum Gasteiger partial charge on any atom is -0.423 e. The molecular formula is C18H23FN8O3. The Morgan fingerprint density at radius 3 is 2.70 bits per heavy atom. The zero-order valence-electron chi connectivity index (χ0n) is 16.8. The number of amides is 2. The van der Waals surface area contributed by atoms with E-state index in [2.05, 4.69) is 15.4 Å². The lowest BCUT2D eigenvalue weighted by molar-refractivity contribution is -0.138. The van der Waals surface area contributed by atoms with E-state index < -0.39 is 18.6 Å². The lowest BCUT2D eigenvalue weighted by Gasteiger charge is -2.37. The molecule has 0 aliphatic carbocycles. The molecule has 0 radical (unpaired) electrons. The van der Waals surface area contributed by atoms with Gasteiger partial charge in [0.05, 0.1) is 20.1 Å². The zero-order valence-corrected chi connectivity index (χ0v) is 16.8. The normalized spacial score (nSPS) is 22.3. The third-order valence-corrected chi connectivity index (χ3v) is 5.21. The van der Waals surface area contributed by atoms with Crippen molar-refractivity contribution in [3.63, 3.8) is 0 Å². The molecule has 2 unspecified atom stereocenters. The van der Waals surface area contributed by atoms with Crippen LogP contribution in [-0.4, -0.2) is 94.3 Å². The molecule has 2 saturated heterocycles. The van der Waals surface area contributed by atoms with Gasteiger partial charge in [-0.05, 0) is 17.3 Å². The van der Waals surface area contributed by atoms with Gasteiger partial charge in [0.1, 0.15) is 0 Å². The third-order valence-electron chi connectivity index (χ3n) is 5.21. The number of piperazine rings is 1. The Bertz CT molecular complexity index is 910. The molecule has 2 atom stereocenters. The molecule has 11 nitrogen and oxygen atoms in total. The maximum Gasteiger partial charge on any atom is 0.416 e. The first-order valence-corrected chi connectivity index (χ1v) is 9.58. The van der Waals surface area contributed by atoms with Crippen LogP contribution in [0.25, 0.3) is 0 Å². The number of aromatic nitrogens is 4. The topological polar surface area (TPSA) is 99.9 Å². The second-order valence-corrected chi connectivity index (χ2v) is 7.23. The summed E-state index contributed by atoms with van der Waals surface area (Å²) in [6.07, 6.45) is -2.55. The number of hydrogen-bond acceptors (Lipinski definition) is 8. The Balaban J connectivity index is 1.31. The summed E-state index contributed by atoms with van der Waals surface area (Å²) < 4.78 is 20.0. The number of aryl methyl sites for hydroxylation is 1. The van der Waals surface area contributed by atoms with Gasteiger partial charge in [-0.3, -0.25) is 14.6 Å². The van der Waals surface area contributed by atoms with Gasteiger partial charge < -0.3 is 14.5 Å². The summed E-state index contributed by atoms with van der Waals surface area (Å²) in [7, 11) is 3.20. The van der Waals surface area contributed by atoms with E-state index in [4.69, 9.17) is 4.74 Å². The summed E-state index contributed by atoms with van der Waals surface area (Å²) >= 11 is 0. The number of rotatable bonds is 5. The van der Waals surface area contributed by atoms with Crippen molar-refractivity contribution in [3.8, 4) is 0 Å². The van der Waals surface area contributed by atoms with E-state index in [1.165, 1.54) is 19.5 Å². The molecule has 2 amide bonds. The standard InChI is InChI=1S/C18H23FN8O3/c1-23(16-12-27(18(29)30-16)13-6-4-3-5-7-13)15(28)11-25-8-9-26(14(19)10-25)17-20-22-24(2)21-17/h3-7,14,16H,8-12H2,1-2H3. The maximum atomic E-state index is 14.6. The van der Waals surface area contributed by atoms with E-state index in [9.17, 15) is 14.0 Å². The summed E-state index contributed by atoms with van der Waals surface area (Å²) in [6.45, 7) is 1.11. The predicted octanol–water partition coefficient (Wildman–Crippen LogP) is 0.0690. The van der Waals surface area contributed by atoms with Crippen LogP contribution in [0.4, 0.5) is 20.8 Å². The van der Waals surface area contributed by atoms with Crippen molar-refractivity contribution in [2.24, 2.45) is 7.05 Å². The van der Waals surface area contributed by atoms with Crippen LogP contribution in [0.15, 0.2) is 30.3 Å². The number of halogens is 1. The second-order valence-electron chi connectivity index (χ2n) is 7.23. The smallest absolute Gasteiger partial charge is 0.416 e. The molecule has 0 spiro atoms. The Morgan fingerprint density at radius 1 is 1.27 bits per heavy atom. The number of benzene rings is 1. The molecule has 4 rings (SSSR count). The summed E-state index contributed by atoms with van der Waals surface area (Å²) in [5.74, 6) is -0.0204. The van der Waals surface area contributed by atoms with Crippen molar-refractivity contribution in [3.05, 3.63) is 30.3 Å². The fraction of sp³-hybridized carbons (Fsp3) is 0.500. The SMILES string of the molecule is CN(C(=O)CN1CCN(c2nnn(C)n2)C(F)C1)C1CN(c2ccccc2)C(=O)O1. The van der Waals surface area contributed by atoms with Gasteiger partial charge in [-0.1, -0.05) is 23.3 Å². The lowest BCUT2D eigenvalue weighted by atomic mass is 10.3. The van der Waals surface area contributed by atoms with Crippen LogP contribution in [0.1, 0.15) is 0 Å². The third kappa shape index (κ3) is 4.03. The quantitative estimate of drug-likeness (QED) is 0.629. The maximum absolute atomic E-state index is 14.6. The minimum atomic E-state index is -1.35. The van der Waals surface area contributed by atoms with Gasteiger partial charge in [0, 0.05) is 32.4 Å². The van der Waals surface area contributed by atoms with Gasteiger partial charge in [0.25, 0.3) is 5.95 Å². The molecule has 2 aliphatic rings. The fourth-order valence-electron chi connectivity index (χ4n) is 3.48. The molecule has 3 heterocycles. The van der Waals surface area contributed by atoms with Crippen molar-refractivity contribution >= 4 is 23.6 Å². The number of cyclic esters (lactones) is 1. The second kappa shape index (κ2) is 8.22. The van der Waals surface area contributed by atoms with Gasteiger partial charge in [-0.25, -0.2) is 9.18 Å². The largest absolute Gasteiger partial charge is 0.423 e. The molecule has 0 N–H and O–H groups in total. The summed E-state index contributed by atoms with van der Waals surface area (Å²) in [5, 5.41) is 11.6. The summed E-state index contributed by atoms with van der Waals surface area (Å²) in [6, 6.07) is 9.12. The van der Waals surface area contributed by atoms with E-state index in [0.717, 1.165) is 0 Å². The molecule has 0 bridgehead atoms. The van der Waals surface area contributed by atoms with E-state index in [-0.39, 0.29) is 31.5 Å². The highest BCUT2D eigenvalue weighted by Gasteiger charge is 2.37. The molecule has 2 fully saturated rings. The first-order chi connectivity index (χ1) is 14.4. The first-order valence-electron chi connectivity index (χ1n) is 9.58. The van der Waals surface area contributed by atoms with Crippen LogP contribution in [0, 0.1) is 0 Å². The van der Waals surface area contributed by atoms with Crippen molar-refractivity contribution in [1.82, 2.24) is 30.0 Å².